The SMILES string of the molecule is COc1cccc2c1N=CN1CCN=C21. The molecule has 0 atom stereocenters. The molecule has 0 bridgehead atoms. The van der Waals surface area contributed by atoms with E-state index in [-0.39, 0.29) is 0 Å². The third kappa shape index (κ3) is 1.14. The van der Waals surface area contributed by atoms with Gasteiger partial charge in [-0.2, -0.15) is 0 Å². The molecule has 0 aliphatic carbocycles. The summed E-state index contributed by atoms with van der Waals surface area (Å²) >= 11 is 0. The van der Waals surface area contributed by atoms with Crippen LogP contribution in [0, 0.1) is 0 Å². The smallest absolute Gasteiger partial charge is 0.145 e. The van der Waals surface area contributed by atoms with Crippen LogP contribution in [-0.4, -0.2) is 37.3 Å². The average Bonchev–Trinajstić information content (AvgIpc) is 2.76. The van der Waals surface area contributed by atoms with E-state index in [9.17, 15) is 0 Å². The third-order valence-corrected chi connectivity index (χ3v) is 2.66. The van der Waals surface area contributed by atoms with Crippen molar-refractivity contribution in [3.05, 3.63) is 23.8 Å². The van der Waals surface area contributed by atoms with Gasteiger partial charge in [0.2, 0.25) is 0 Å². The van der Waals surface area contributed by atoms with Crippen LogP contribution >= 0.6 is 0 Å². The van der Waals surface area contributed by atoms with E-state index >= 15 is 0 Å². The number of methoxy groups -OCH3 is 1. The highest BCUT2D eigenvalue weighted by Gasteiger charge is 2.24. The molecule has 4 heteroatoms. The van der Waals surface area contributed by atoms with Crippen molar-refractivity contribution in [2.45, 2.75) is 0 Å². The van der Waals surface area contributed by atoms with Crippen LogP contribution < -0.4 is 4.74 Å². The first kappa shape index (κ1) is 8.47. The normalized spacial score (nSPS) is 17.1. The Morgan fingerprint density at radius 1 is 1.40 bits per heavy atom. The molecule has 1 aromatic rings. The zero-order valence-electron chi connectivity index (χ0n) is 8.47. The van der Waals surface area contributed by atoms with E-state index in [1.807, 2.05) is 24.5 Å². The minimum Gasteiger partial charge on any atom is -0.494 e. The second-order valence-electron chi connectivity index (χ2n) is 3.50. The maximum atomic E-state index is 5.27. The predicted octanol–water partition coefficient (Wildman–Crippen LogP) is 1.43. The Kier molecular flexibility index (Phi) is 1.74. The third-order valence-electron chi connectivity index (χ3n) is 2.66. The van der Waals surface area contributed by atoms with Gasteiger partial charge in [-0.1, -0.05) is 6.07 Å². The van der Waals surface area contributed by atoms with Crippen molar-refractivity contribution in [3.8, 4) is 5.75 Å². The first-order valence-corrected chi connectivity index (χ1v) is 4.93. The summed E-state index contributed by atoms with van der Waals surface area (Å²) < 4.78 is 5.27. The van der Waals surface area contributed by atoms with Crippen LogP contribution in [0.4, 0.5) is 5.69 Å². The minimum atomic E-state index is 0.804. The van der Waals surface area contributed by atoms with Gasteiger partial charge in [0.25, 0.3) is 0 Å². The minimum absolute atomic E-state index is 0.804. The molecular weight excluding hydrogens is 190 g/mol. The average molecular weight is 201 g/mol. The van der Waals surface area contributed by atoms with E-state index < -0.39 is 0 Å². The number of benzene rings is 1. The fraction of sp³-hybridized carbons (Fsp3) is 0.273. The number of fused-ring (bicyclic) bond motifs is 3. The summed E-state index contributed by atoms with van der Waals surface area (Å²) in [5.41, 5.74) is 1.95. The Morgan fingerprint density at radius 2 is 2.33 bits per heavy atom. The molecule has 0 amide bonds. The number of amidine groups is 1. The van der Waals surface area contributed by atoms with Gasteiger partial charge in [0.05, 0.1) is 20.0 Å². The second kappa shape index (κ2) is 3.08. The number of rotatable bonds is 1. The molecule has 1 aromatic carbocycles. The van der Waals surface area contributed by atoms with Crippen molar-refractivity contribution in [2.24, 2.45) is 9.98 Å². The summed E-state index contributed by atoms with van der Waals surface area (Å²) in [5.74, 6) is 1.82. The van der Waals surface area contributed by atoms with Gasteiger partial charge < -0.3 is 9.64 Å². The van der Waals surface area contributed by atoms with E-state index in [1.54, 1.807) is 7.11 Å². The lowest BCUT2D eigenvalue weighted by atomic mass is 10.1. The lowest BCUT2D eigenvalue weighted by Gasteiger charge is -2.21. The number of ether oxygens (including phenoxy) is 1. The Morgan fingerprint density at radius 3 is 3.20 bits per heavy atom. The van der Waals surface area contributed by atoms with Crippen molar-refractivity contribution >= 4 is 17.9 Å². The van der Waals surface area contributed by atoms with Crippen LogP contribution in [0.2, 0.25) is 0 Å². The predicted molar refractivity (Wildman–Crippen MR) is 59.3 cm³/mol. The molecule has 76 valence electrons. The molecule has 0 N–H and O–H groups in total. The maximum Gasteiger partial charge on any atom is 0.145 e. The van der Waals surface area contributed by atoms with E-state index in [4.69, 9.17) is 4.74 Å². The summed E-state index contributed by atoms with van der Waals surface area (Å²) in [6.45, 7) is 1.77. The van der Waals surface area contributed by atoms with Crippen LogP contribution in [0.1, 0.15) is 5.56 Å². The summed E-state index contributed by atoms with van der Waals surface area (Å²) in [6.07, 6.45) is 1.83. The van der Waals surface area contributed by atoms with Crippen molar-refractivity contribution in [2.75, 3.05) is 20.2 Å². The van der Waals surface area contributed by atoms with Gasteiger partial charge in [0.15, 0.2) is 0 Å². The highest BCUT2D eigenvalue weighted by atomic mass is 16.5. The maximum absolute atomic E-state index is 5.27. The van der Waals surface area contributed by atoms with Gasteiger partial charge in [0.1, 0.15) is 17.3 Å². The summed E-state index contributed by atoms with van der Waals surface area (Å²) in [5, 5.41) is 0. The first-order valence-electron chi connectivity index (χ1n) is 4.93. The standard InChI is InChI=1S/C11H11N3O/c1-15-9-4-2-3-8-10(9)13-7-14-6-5-12-11(8)14/h2-4,7H,5-6H2,1H3. The number of hydrogen-bond acceptors (Lipinski definition) is 4. The lowest BCUT2D eigenvalue weighted by Crippen LogP contribution is -2.29. The molecule has 0 saturated carbocycles. The largest absolute Gasteiger partial charge is 0.494 e. The van der Waals surface area contributed by atoms with Crippen LogP contribution in [0.15, 0.2) is 28.2 Å². The van der Waals surface area contributed by atoms with E-state index in [0.717, 1.165) is 35.9 Å². The molecule has 0 aromatic heterocycles. The summed E-state index contributed by atoms with van der Waals surface area (Å²) in [6, 6.07) is 5.92. The van der Waals surface area contributed by atoms with Gasteiger partial charge in [-0.3, -0.25) is 4.99 Å². The second-order valence-corrected chi connectivity index (χ2v) is 3.50. The number of nitrogens with zero attached hydrogens (tertiary/aromatic N) is 3. The molecule has 0 unspecified atom stereocenters. The van der Waals surface area contributed by atoms with Crippen LogP contribution in [-0.2, 0) is 0 Å². The van der Waals surface area contributed by atoms with Crippen molar-refractivity contribution in [1.29, 1.82) is 0 Å². The van der Waals surface area contributed by atoms with Gasteiger partial charge in [-0.15, -0.1) is 0 Å². The van der Waals surface area contributed by atoms with Gasteiger partial charge in [-0.05, 0) is 12.1 Å². The van der Waals surface area contributed by atoms with Crippen molar-refractivity contribution in [1.82, 2.24) is 4.90 Å². The van der Waals surface area contributed by atoms with Gasteiger partial charge in [0, 0.05) is 12.1 Å². The van der Waals surface area contributed by atoms with Crippen LogP contribution in [0.3, 0.4) is 0 Å². The molecular formula is C11H11N3O. The zero-order chi connectivity index (χ0) is 10.3. The molecule has 0 fully saturated rings. The molecule has 0 saturated heterocycles. The van der Waals surface area contributed by atoms with Gasteiger partial charge >= 0.3 is 0 Å². The highest BCUT2D eigenvalue weighted by Crippen LogP contribution is 2.34. The van der Waals surface area contributed by atoms with Crippen molar-refractivity contribution in [3.63, 3.8) is 0 Å². The Balaban J connectivity index is 2.21. The topological polar surface area (TPSA) is 37.2 Å². The fourth-order valence-corrected chi connectivity index (χ4v) is 1.94. The number of aliphatic imine (C=N–C) groups is 2. The van der Waals surface area contributed by atoms with Crippen LogP contribution in [0.5, 0.6) is 5.75 Å². The molecule has 0 radical (unpaired) electrons. The quantitative estimate of drug-likeness (QED) is 0.689. The first-order chi connectivity index (χ1) is 7.40. The van der Waals surface area contributed by atoms with Crippen LogP contribution in [0.25, 0.3) is 0 Å². The molecule has 0 spiro atoms. The fourth-order valence-electron chi connectivity index (χ4n) is 1.94. The molecule has 2 aliphatic heterocycles. The Labute approximate surface area is 87.9 Å². The number of hydrogen-bond donors (Lipinski definition) is 0. The van der Waals surface area contributed by atoms with E-state index in [1.165, 1.54) is 0 Å². The van der Waals surface area contributed by atoms with E-state index in [2.05, 4.69) is 14.9 Å². The molecule has 2 heterocycles. The van der Waals surface area contributed by atoms with Gasteiger partial charge in [-0.25, -0.2) is 4.99 Å². The molecule has 4 nitrogen and oxygen atoms in total. The molecule has 3 rings (SSSR count). The number of para-hydroxylation sites is 1. The van der Waals surface area contributed by atoms with Crippen molar-refractivity contribution < 1.29 is 4.74 Å². The summed E-state index contributed by atoms with van der Waals surface area (Å²) in [7, 11) is 1.66. The Hall–Kier alpha value is -1.84. The zero-order valence-corrected chi connectivity index (χ0v) is 8.47. The molecule has 15 heavy (non-hydrogen) atoms. The highest BCUT2D eigenvalue weighted by molar-refractivity contribution is 6.12. The summed E-state index contributed by atoms with van der Waals surface area (Å²) in [4.78, 5) is 10.9. The molecule has 2 aliphatic rings. The Bertz CT molecular complexity index is 465. The monoisotopic (exact) mass is 201 g/mol. The lowest BCUT2D eigenvalue weighted by molar-refractivity contribution is 0.416. The van der Waals surface area contributed by atoms with E-state index in [0.29, 0.717) is 0 Å².